The summed E-state index contributed by atoms with van der Waals surface area (Å²) >= 11 is 0. The SMILES string of the molecule is C=C(C)/C=N\C(CCS(=O)(=O)Nc1nnc(-c2ccco2)n1-c1c(OC)cccc1OC)=N/C. The third kappa shape index (κ3) is 5.70. The van der Waals surface area contributed by atoms with Gasteiger partial charge in [-0.15, -0.1) is 10.2 Å². The van der Waals surface area contributed by atoms with Gasteiger partial charge >= 0.3 is 0 Å². The standard InChI is InChI=1S/C22H26N6O5S/c1-15(2)14-24-19(23-3)11-13-34(29,30)27-22-26-25-21(18-10-7-12-33-18)28(22)20-16(31-4)8-6-9-17(20)32-5/h6-10,12,14H,1,11,13H2,2-5H3,(H,26,27)/b23-19-,24-14-. The highest BCUT2D eigenvalue weighted by Gasteiger charge is 2.26. The first-order valence-corrected chi connectivity index (χ1v) is 11.8. The molecule has 0 atom stereocenters. The van der Waals surface area contributed by atoms with E-state index in [2.05, 4.69) is 31.5 Å². The van der Waals surface area contributed by atoms with E-state index in [0.717, 1.165) is 5.57 Å². The Morgan fingerprint density at radius 2 is 1.91 bits per heavy atom. The van der Waals surface area contributed by atoms with E-state index in [1.807, 2.05) is 0 Å². The Kier molecular flexibility index (Phi) is 7.84. The molecule has 0 aliphatic rings. The highest BCUT2D eigenvalue weighted by atomic mass is 32.2. The number of rotatable bonds is 10. The van der Waals surface area contributed by atoms with E-state index in [0.29, 0.717) is 28.8 Å². The largest absolute Gasteiger partial charge is 0.494 e. The summed E-state index contributed by atoms with van der Waals surface area (Å²) in [4.78, 5) is 8.18. The second-order valence-corrected chi connectivity index (χ2v) is 8.93. The smallest absolute Gasteiger partial charge is 0.243 e. The molecule has 0 amide bonds. The Morgan fingerprint density at radius 1 is 1.21 bits per heavy atom. The predicted octanol–water partition coefficient (Wildman–Crippen LogP) is 3.35. The van der Waals surface area contributed by atoms with Crippen LogP contribution in [0.4, 0.5) is 5.95 Å². The molecule has 3 aromatic rings. The monoisotopic (exact) mass is 486 g/mol. The quantitative estimate of drug-likeness (QED) is 0.343. The van der Waals surface area contributed by atoms with Crippen LogP contribution in [0.25, 0.3) is 17.3 Å². The van der Waals surface area contributed by atoms with Crippen molar-refractivity contribution in [1.29, 1.82) is 0 Å². The molecular weight excluding hydrogens is 460 g/mol. The van der Waals surface area contributed by atoms with Gasteiger partial charge in [-0.25, -0.2) is 13.4 Å². The van der Waals surface area contributed by atoms with Crippen molar-refractivity contribution in [2.45, 2.75) is 13.3 Å². The van der Waals surface area contributed by atoms with Gasteiger partial charge in [-0.2, -0.15) is 0 Å². The summed E-state index contributed by atoms with van der Waals surface area (Å²) < 4.78 is 46.4. The van der Waals surface area contributed by atoms with Gasteiger partial charge < -0.3 is 13.9 Å². The number of aliphatic imine (C=N–C) groups is 2. The number of furan rings is 1. The third-order valence-electron chi connectivity index (χ3n) is 4.56. The number of anilines is 1. The lowest BCUT2D eigenvalue weighted by molar-refractivity contribution is 0.391. The minimum absolute atomic E-state index is 0.0605. The molecule has 34 heavy (non-hydrogen) atoms. The van der Waals surface area contributed by atoms with E-state index in [9.17, 15) is 8.42 Å². The summed E-state index contributed by atoms with van der Waals surface area (Å²) in [6.07, 6.45) is 3.10. The molecule has 1 aromatic carbocycles. The molecule has 0 radical (unpaired) electrons. The molecule has 2 aromatic heterocycles. The molecule has 3 rings (SSSR count). The van der Waals surface area contributed by atoms with Crippen molar-refractivity contribution >= 4 is 28.0 Å². The second kappa shape index (κ2) is 10.8. The van der Waals surface area contributed by atoms with Crippen LogP contribution < -0.4 is 14.2 Å². The van der Waals surface area contributed by atoms with Crippen LogP contribution in [-0.2, 0) is 10.0 Å². The summed E-state index contributed by atoms with van der Waals surface area (Å²) in [5.74, 6) is 1.50. The zero-order valence-corrected chi connectivity index (χ0v) is 20.2. The normalized spacial score (nSPS) is 12.2. The van der Waals surface area contributed by atoms with Crippen LogP contribution in [0.15, 0.2) is 63.1 Å². The summed E-state index contributed by atoms with van der Waals surface area (Å²) in [5, 5.41) is 8.23. The van der Waals surface area contributed by atoms with Crippen LogP contribution >= 0.6 is 0 Å². The Hall–Kier alpha value is -3.93. The van der Waals surface area contributed by atoms with Gasteiger partial charge in [-0.05, 0) is 36.8 Å². The zero-order valence-electron chi connectivity index (χ0n) is 19.3. The van der Waals surface area contributed by atoms with Crippen molar-refractivity contribution in [2.24, 2.45) is 9.98 Å². The number of hydrogen-bond donors (Lipinski definition) is 1. The maximum atomic E-state index is 12.9. The number of aromatic nitrogens is 3. The number of hydrogen-bond acceptors (Lipinski definition) is 8. The van der Waals surface area contributed by atoms with E-state index in [-0.39, 0.29) is 23.9 Å². The van der Waals surface area contributed by atoms with Gasteiger partial charge in [0, 0.05) is 19.7 Å². The second-order valence-electron chi connectivity index (χ2n) is 7.09. The fourth-order valence-electron chi connectivity index (χ4n) is 3.01. The van der Waals surface area contributed by atoms with Crippen LogP contribution in [-0.4, -0.2) is 62.3 Å². The maximum absolute atomic E-state index is 12.9. The van der Waals surface area contributed by atoms with Crippen LogP contribution in [0, 0.1) is 0 Å². The maximum Gasteiger partial charge on any atom is 0.243 e. The van der Waals surface area contributed by atoms with E-state index in [4.69, 9.17) is 13.9 Å². The minimum Gasteiger partial charge on any atom is -0.494 e. The Bertz CT molecular complexity index is 1290. The van der Waals surface area contributed by atoms with Gasteiger partial charge in [0.15, 0.2) is 5.76 Å². The molecule has 0 saturated heterocycles. The summed E-state index contributed by atoms with van der Waals surface area (Å²) in [5.41, 5.74) is 1.13. The van der Waals surface area contributed by atoms with Crippen LogP contribution in [0.2, 0.25) is 0 Å². The fraction of sp³-hybridized carbons (Fsp3) is 0.273. The van der Waals surface area contributed by atoms with Crippen LogP contribution in [0.5, 0.6) is 11.5 Å². The predicted molar refractivity (Wildman–Crippen MR) is 131 cm³/mol. The molecule has 11 nitrogen and oxygen atoms in total. The molecule has 180 valence electrons. The number of nitrogens with one attached hydrogen (secondary N) is 1. The van der Waals surface area contributed by atoms with Crippen LogP contribution in [0.3, 0.4) is 0 Å². The van der Waals surface area contributed by atoms with E-state index >= 15 is 0 Å². The summed E-state index contributed by atoms with van der Waals surface area (Å²) in [6.45, 7) is 5.52. The topological polar surface area (TPSA) is 133 Å². The van der Waals surface area contributed by atoms with Crippen molar-refractivity contribution in [3.8, 4) is 28.8 Å². The summed E-state index contributed by atoms with van der Waals surface area (Å²) in [6, 6.07) is 8.55. The Morgan fingerprint density at radius 3 is 2.47 bits per heavy atom. The molecule has 0 spiro atoms. The van der Waals surface area contributed by atoms with Crippen molar-refractivity contribution in [1.82, 2.24) is 14.8 Å². The average Bonchev–Trinajstić information content (AvgIpc) is 3.48. The molecule has 0 saturated carbocycles. The van der Waals surface area contributed by atoms with Gasteiger partial charge in [0.25, 0.3) is 0 Å². The first kappa shape index (κ1) is 24.7. The molecule has 0 bridgehead atoms. The molecule has 0 unspecified atom stereocenters. The van der Waals surface area contributed by atoms with Crippen molar-refractivity contribution in [3.05, 3.63) is 48.7 Å². The van der Waals surface area contributed by atoms with Crippen molar-refractivity contribution < 1.29 is 22.3 Å². The van der Waals surface area contributed by atoms with E-state index in [1.54, 1.807) is 44.3 Å². The lowest BCUT2D eigenvalue weighted by atomic mass is 10.2. The van der Waals surface area contributed by atoms with Gasteiger partial charge in [0.2, 0.25) is 21.8 Å². The summed E-state index contributed by atoms with van der Waals surface area (Å²) in [7, 11) is 0.673. The fourth-order valence-corrected chi connectivity index (χ4v) is 3.98. The van der Waals surface area contributed by atoms with Gasteiger partial charge in [0.05, 0.1) is 26.2 Å². The number of ether oxygens (including phenoxy) is 2. The van der Waals surface area contributed by atoms with E-state index in [1.165, 1.54) is 31.3 Å². The first-order chi connectivity index (χ1) is 16.3. The number of methoxy groups -OCH3 is 2. The highest BCUT2D eigenvalue weighted by Crippen LogP contribution is 2.37. The third-order valence-corrected chi connectivity index (χ3v) is 5.80. The Labute approximate surface area is 197 Å². The van der Waals surface area contributed by atoms with Crippen LogP contribution in [0.1, 0.15) is 13.3 Å². The van der Waals surface area contributed by atoms with Gasteiger partial charge in [-0.3, -0.25) is 14.3 Å². The molecule has 0 aliphatic carbocycles. The van der Waals surface area contributed by atoms with Crippen molar-refractivity contribution in [3.63, 3.8) is 0 Å². The molecule has 0 aliphatic heterocycles. The zero-order chi connectivity index (χ0) is 24.7. The first-order valence-electron chi connectivity index (χ1n) is 10.2. The van der Waals surface area contributed by atoms with Crippen molar-refractivity contribution in [2.75, 3.05) is 31.7 Å². The molecule has 2 heterocycles. The number of nitrogens with zero attached hydrogens (tertiary/aromatic N) is 5. The number of amidine groups is 1. The number of sulfonamides is 1. The highest BCUT2D eigenvalue weighted by molar-refractivity contribution is 7.92. The number of benzene rings is 1. The number of para-hydroxylation sites is 1. The lowest BCUT2D eigenvalue weighted by Crippen LogP contribution is -2.21. The average molecular weight is 487 g/mol. The van der Waals surface area contributed by atoms with Gasteiger partial charge in [-0.1, -0.05) is 12.6 Å². The number of allylic oxidation sites excluding steroid dienone is 1. The Balaban J connectivity index is 2.02. The molecular formula is C22H26N6O5S. The van der Waals surface area contributed by atoms with E-state index < -0.39 is 10.0 Å². The van der Waals surface area contributed by atoms with Gasteiger partial charge in [0.1, 0.15) is 23.0 Å². The molecule has 1 N–H and O–H groups in total. The molecule has 12 heteroatoms. The molecule has 0 fully saturated rings. The lowest BCUT2D eigenvalue weighted by Gasteiger charge is -2.17. The minimum atomic E-state index is -3.87.